The van der Waals surface area contributed by atoms with Crippen LogP contribution in [0.2, 0.25) is 0 Å². The maximum Gasteiger partial charge on any atom is 0.162 e. The molecule has 0 aliphatic rings. The molecule has 0 saturated heterocycles. The zero-order valence-corrected chi connectivity index (χ0v) is 12.7. The van der Waals surface area contributed by atoms with E-state index < -0.39 is 0 Å². The largest absolute Gasteiger partial charge is 0.493 e. The molecule has 0 fully saturated rings. The Kier molecular flexibility index (Phi) is 2.85. The van der Waals surface area contributed by atoms with Crippen LogP contribution in [0.4, 0.5) is 0 Å². The van der Waals surface area contributed by atoms with E-state index in [1.807, 2.05) is 36.5 Å². The summed E-state index contributed by atoms with van der Waals surface area (Å²) < 4.78 is 10.7. The number of ether oxygens (including phenoxy) is 2. The molecule has 5 nitrogen and oxygen atoms in total. The van der Waals surface area contributed by atoms with Crippen molar-refractivity contribution in [1.29, 1.82) is 5.26 Å². The van der Waals surface area contributed by atoms with Crippen molar-refractivity contribution in [2.45, 2.75) is 0 Å². The molecule has 4 aromatic rings. The summed E-state index contributed by atoms with van der Waals surface area (Å²) in [5, 5.41) is 12.1. The summed E-state index contributed by atoms with van der Waals surface area (Å²) in [5.41, 5.74) is 3.34. The monoisotopic (exact) mass is 303 g/mol. The molecule has 0 aliphatic carbocycles. The highest BCUT2D eigenvalue weighted by molar-refractivity contribution is 6.16. The number of benzene rings is 2. The molecule has 0 amide bonds. The van der Waals surface area contributed by atoms with Gasteiger partial charge in [0.2, 0.25) is 0 Å². The van der Waals surface area contributed by atoms with Crippen LogP contribution in [-0.4, -0.2) is 24.2 Å². The minimum Gasteiger partial charge on any atom is -0.493 e. The third-order valence-corrected chi connectivity index (χ3v) is 4.07. The highest BCUT2D eigenvalue weighted by Crippen LogP contribution is 2.36. The third kappa shape index (κ3) is 1.89. The maximum absolute atomic E-state index is 9.06. The van der Waals surface area contributed by atoms with Crippen LogP contribution in [-0.2, 0) is 0 Å². The Labute approximate surface area is 132 Å². The summed E-state index contributed by atoms with van der Waals surface area (Å²) in [7, 11) is 3.22. The van der Waals surface area contributed by atoms with Gasteiger partial charge in [0.25, 0.3) is 0 Å². The molecule has 4 rings (SSSR count). The number of nitrogens with zero attached hydrogens (tertiary/aromatic N) is 2. The van der Waals surface area contributed by atoms with Gasteiger partial charge in [-0.2, -0.15) is 5.26 Å². The molecule has 2 heterocycles. The fourth-order valence-corrected chi connectivity index (χ4v) is 2.94. The van der Waals surface area contributed by atoms with Crippen molar-refractivity contribution in [2.24, 2.45) is 0 Å². The fourth-order valence-electron chi connectivity index (χ4n) is 2.94. The third-order valence-electron chi connectivity index (χ3n) is 4.07. The second kappa shape index (κ2) is 4.89. The summed E-state index contributed by atoms with van der Waals surface area (Å²) in [4.78, 5) is 7.93. The summed E-state index contributed by atoms with van der Waals surface area (Å²) in [5.74, 6) is 1.31. The van der Waals surface area contributed by atoms with Gasteiger partial charge in [-0.15, -0.1) is 0 Å². The van der Waals surface area contributed by atoms with Crippen molar-refractivity contribution < 1.29 is 9.47 Å². The van der Waals surface area contributed by atoms with Gasteiger partial charge in [0.05, 0.1) is 36.9 Å². The minimum absolute atomic E-state index is 0.626. The molecule has 0 spiro atoms. The van der Waals surface area contributed by atoms with Crippen LogP contribution in [0.1, 0.15) is 5.56 Å². The van der Waals surface area contributed by atoms with Crippen LogP contribution in [0.15, 0.2) is 36.5 Å². The molecule has 0 unspecified atom stereocenters. The number of pyridine rings is 1. The van der Waals surface area contributed by atoms with Gasteiger partial charge in [-0.1, -0.05) is 6.07 Å². The first kappa shape index (κ1) is 13.4. The Bertz CT molecular complexity index is 1110. The SMILES string of the molecule is COc1cc2ncc3c4ccc(C#N)cc4[nH]c3c2cc1OC. The molecule has 2 aromatic heterocycles. The van der Waals surface area contributed by atoms with Crippen molar-refractivity contribution >= 4 is 32.7 Å². The number of hydrogen-bond donors (Lipinski definition) is 1. The normalized spacial score (nSPS) is 11.0. The smallest absolute Gasteiger partial charge is 0.162 e. The number of H-pyrrole nitrogens is 1. The van der Waals surface area contributed by atoms with Gasteiger partial charge >= 0.3 is 0 Å². The van der Waals surface area contributed by atoms with Gasteiger partial charge in [0.15, 0.2) is 11.5 Å². The zero-order chi connectivity index (χ0) is 16.0. The number of nitrogens with one attached hydrogen (secondary N) is 1. The number of aromatic amines is 1. The first-order valence-electron chi connectivity index (χ1n) is 7.11. The molecule has 1 N–H and O–H groups in total. The summed E-state index contributed by atoms with van der Waals surface area (Å²) in [6, 6.07) is 11.6. The van der Waals surface area contributed by atoms with Crippen LogP contribution in [0, 0.1) is 11.3 Å². The lowest BCUT2D eigenvalue weighted by molar-refractivity contribution is 0.356. The van der Waals surface area contributed by atoms with E-state index in [1.165, 1.54) is 0 Å². The second-order valence-electron chi connectivity index (χ2n) is 5.27. The topological polar surface area (TPSA) is 70.9 Å². The van der Waals surface area contributed by atoms with Gasteiger partial charge in [-0.3, -0.25) is 4.98 Å². The Balaban J connectivity index is 2.13. The quantitative estimate of drug-likeness (QED) is 0.612. The second-order valence-corrected chi connectivity index (χ2v) is 5.27. The molecule has 0 atom stereocenters. The molecule has 23 heavy (non-hydrogen) atoms. The Morgan fingerprint density at radius 1 is 1.00 bits per heavy atom. The molecule has 112 valence electrons. The molecular weight excluding hydrogens is 290 g/mol. The number of rotatable bonds is 2. The predicted molar refractivity (Wildman–Crippen MR) is 88.9 cm³/mol. The molecule has 5 heteroatoms. The zero-order valence-electron chi connectivity index (χ0n) is 12.7. The van der Waals surface area contributed by atoms with Crippen molar-refractivity contribution in [3.8, 4) is 17.6 Å². The average molecular weight is 303 g/mol. The van der Waals surface area contributed by atoms with Crippen molar-refractivity contribution in [2.75, 3.05) is 14.2 Å². The van der Waals surface area contributed by atoms with E-state index in [9.17, 15) is 0 Å². The molecule has 0 bridgehead atoms. The van der Waals surface area contributed by atoms with Gasteiger partial charge in [-0.25, -0.2) is 0 Å². The molecule has 0 aliphatic heterocycles. The molecule has 0 radical (unpaired) electrons. The standard InChI is InChI=1S/C18H13N3O2/c1-22-16-6-12-14(7-17(16)23-2)20-9-13-11-4-3-10(8-19)5-15(11)21-18(12)13/h3-7,9,21H,1-2H3. The van der Waals surface area contributed by atoms with E-state index in [1.54, 1.807) is 14.2 Å². The van der Waals surface area contributed by atoms with Gasteiger partial charge in [-0.05, 0) is 18.2 Å². The number of nitriles is 1. The number of fused-ring (bicyclic) bond motifs is 5. The Hall–Kier alpha value is -3.26. The first-order valence-corrected chi connectivity index (χ1v) is 7.11. The highest BCUT2D eigenvalue weighted by Gasteiger charge is 2.13. The van der Waals surface area contributed by atoms with Gasteiger partial charge in [0, 0.05) is 33.9 Å². The number of aromatic nitrogens is 2. The van der Waals surface area contributed by atoms with Crippen molar-refractivity contribution in [1.82, 2.24) is 9.97 Å². The molecule has 2 aromatic carbocycles. The number of methoxy groups -OCH3 is 2. The molecular formula is C18H13N3O2. The van der Waals surface area contributed by atoms with Gasteiger partial charge < -0.3 is 14.5 Å². The highest BCUT2D eigenvalue weighted by atomic mass is 16.5. The van der Waals surface area contributed by atoms with Crippen molar-refractivity contribution in [3.05, 3.63) is 42.1 Å². The lowest BCUT2D eigenvalue weighted by atomic mass is 10.1. The predicted octanol–water partition coefficient (Wildman–Crippen LogP) is 3.76. The van der Waals surface area contributed by atoms with E-state index in [-0.39, 0.29) is 0 Å². The lowest BCUT2D eigenvalue weighted by Gasteiger charge is -2.09. The van der Waals surface area contributed by atoms with Crippen LogP contribution in [0.25, 0.3) is 32.7 Å². The van der Waals surface area contributed by atoms with Crippen LogP contribution in [0.5, 0.6) is 11.5 Å². The molecule has 0 saturated carbocycles. The first-order chi connectivity index (χ1) is 11.2. The van der Waals surface area contributed by atoms with Crippen LogP contribution >= 0.6 is 0 Å². The minimum atomic E-state index is 0.626. The maximum atomic E-state index is 9.06. The Morgan fingerprint density at radius 2 is 1.78 bits per heavy atom. The fraction of sp³-hybridized carbons (Fsp3) is 0.111. The van der Waals surface area contributed by atoms with E-state index in [0.29, 0.717) is 17.1 Å². The van der Waals surface area contributed by atoms with Crippen LogP contribution < -0.4 is 9.47 Å². The summed E-state index contributed by atoms with van der Waals surface area (Å²) in [6.45, 7) is 0. The Morgan fingerprint density at radius 3 is 2.52 bits per heavy atom. The average Bonchev–Trinajstić information content (AvgIpc) is 2.98. The summed E-state index contributed by atoms with van der Waals surface area (Å²) in [6.07, 6.45) is 1.84. The van der Waals surface area contributed by atoms with E-state index >= 15 is 0 Å². The van der Waals surface area contributed by atoms with E-state index in [0.717, 1.165) is 32.7 Å². The van der Waals surface area contributed by atoms with Crippen molar-refractivity contribution in [3.63, 3.8) is 0 Å². The van der Waals surface area contributed by atoms with Crippen LogP contribution in [0.3, 0.4) is 0 Å². The van der Waals surface area contributed by atoms with E-state index in [4.69, 9.17) is 14.7 Å². The lowest BCUT2D eigenvalue weighted by Crippen LogP contribution is -1.91. The summed E-state index contributed by atoms with van der Waals surface area (Å²) >= 11 is 0. The van der Waals surface area contributed by atoms with E-state index in [2.05, 4.69) is 16.0 Å². The number of hydrogen-bond acceptors (Lipinski definition) is 4. The van der Waals surface area contributed by atoms with Gasteiger partial charge in [0.1, 0.15) is 0 Å².